The van der Waals surface area contributed by atoms with Crippen molar-refractivity contribution in [3.05, 3.63) is 28.2 Å². The first kappa shape index (κ1) is 17.1. The first-order valence-corrected chi connectivity index (χ1v) is 8.72. The molecule has 112 valence electrons. The number of amides is 1. The Morgan fingerprint density at radius 3 is 2.60 bits per heavy atom. The van der Waals surface area contributed by atoms with Gasteiger partial charge in [0.15, 0.2) is 0 Å². The van der Waals surface area contributed by atoms with E-state index in [1.54, 1.807) is 6.07 Å². The van der Waals surface area contributed by atoms with Crippen LogP contribution in [0.5, 0.6) is 0 Å². The van der Waals surface area contributed by atoms with Gasteiger partial charge in [-0.05, 0) is 31.5 Å². The van der Waals surface area contributed by atoms with Crippen molar-refractivity contribution in [1.82, 2.24) is 5.32 Å². The monoisotopic (exact) mass is 362 g/mol. The molecule has 7 heteroatoms. The lowest BCUT2D eigenvalue weighted by Gasteiger charge is -2.14. The topological polar surface area (TPSA) is 89.3 Å². The third-order valence-corrected chi connectivity index (χ3v) is 4.18. The van der Waals surface area contributed by atoms with E-state index in [4.69, 9.17) is 5.14 Å². The number of carbonyl (C=O) groups excluding carboxylic acids is 1. The summed E-state index contributed by atoms with van der Waals surface area (Å²) in [6, 6.07) is 4.25. The van der Waals surface area contributed by atoms with Crippen molar-refractivity contribution in [3.63, 3.8) is 0 Å². The number of nitrogens with one attached hydrogen (secondary N) is 1. The molecule has 0 saturated carbocycles. The molecular weight excluding hydrogens is 344 g/mol. The van der Waals surface area contributed by atoms with Crippen LogP contribution in [0.2, 0.25) is 0 Å². The highest BCUT2D eigenvalue weighted by atomic mass is 79.9. The molecule has 0 fully saturated rings. The number of unbranched alkanes of at least 4 members (excludes halogenated alkanes) is 1. The zero-order valence-electron chi connectivity index (χ0n) is 11.5. The third-order valence-electron chi connectivity index (χ3n) is 2.83. The van der Waals surface area contributed by atoms with E-state index in [1.807, 2.05) is 6.92 Å². The molecule has 0 spiro atoms. The van der Waals surface area contributed by atoms with Crippen LogP contribution in [-0.2, 0) is 10.0 Å². The fourth-order valence-electron chi connectivity index (χ4n) is 1.75. The maximum atomic E-state index is 12.1. The van der Waals surface area contributed by atoms with Gasteiger partial charge in [0.05, 0.1) is 4.90 Å². The molecule has 20 heavy (non-hydrogen) atoms. The van der Waals surface area contributed by atoms with Crippen LogP contribution in [0, 0.1) is 0 Å². The number of benzene rings is 1. The Balaban J connectivity index is 2.91. The van der Waals surface area contributed by atoms with Crippen molar-refractivity contribution < 1.29 is 13.2 Å². The highest BCUT2D eigenvalue weighted by molar-refractivity contribution is 9.10. The normalized spacial score (nSPS) is 13.0. The second-order valence-electron chi connectivity index (χ2n) is 4.74. The predicted octanol–water partition coefficient (Wildman–Crippen LogP) is 2.41. The van der Waals surface area contributed by atoms with E-state index >= 15 is 0 Å². The number of rotatable bonds is 6. The van der Waals surface area contributed by atoms with Gasteiger partial charge in [0, 0.05) is 16.1 Å². The van der Waals surface area contributed by atoms with E-state index in [9.17, 15) is 13.2 Å². The maximum absolute atomic E-state index is 12.1. The first-order valence-electron chi connectivity index (χ1n) is 6.38. The number of hydrogen-bond donors (Lipinski definition) is 2. The minimum Gasteiger partial charge on any atom is -0.350 e. The molecular formula is C13H19BrN2O3S. The summed E-state index contributed by atoms with van der Waals surface area (Å²) < 4.78 is 23.2. The van der Waals surface area contributed by atoms with Crippen LogP contribution in [0.4, 0.5) is 0 Å². The summed E-state index contributed by atoms with van der Waals surface area (Å²) in [5, 5.41) is 7.92. The quantitative estimate of drug-likeness (QED) is 0.813. The fraction of sp³-hybridized carbons (Fsp3) is 0.462. The van der Waals surface area contributed by atoms with Crippen molar-refractivity contribution >= 4 is 31.9 Å². The Kier molecular flexibility index (Phi) is 6.16. The van der Waals surface area contributed by atoms with Gasteiger partial charge in [-0.3, -0.25) is 4.79 Å². The Morgan fingerprint density at radius 2 is 2.05 bits per heavy atom. The SMILES string of the molecule is CCCCC(C)NC(=O)c1cc(Br)cc(S(N)(=O)=O)c1. The minimum atomic E-state index is -3.83. The van der Waals surface area contributed by atoms with Crippen LogP contribution < -0.4 is 10.5 Å². The molecule has 0 aromatic heterocycles. The summed E-state index contributed by atoms with van der Waals surface area (Å²) in [5.74, 6) is -0.306. The van der Waals surface area contributed by atoms with Gasteiger partial charge in [-0.2, -0.15) is 0 Å². The lowest BCUT2D eigenvalue weighted by atomic mass is 10.1. The van der Waals surface area contributed by atoms with Crippen molar-refractivity contribution in [1.29, 1.82) is 0 Å². The maximum Gasteiger partial charge on any atom is 0.251 e. The Labute approximate surface area is 128 Å². The largest absolute Gasteiger partial charge is 0.350 e. The van der Waals surface area contributed by atoms with E-state index in [2.05, 4.69) is 28.2 Å². The molecule has 0 bridgehead atoms. The molecule has 0 aliphatic heterocycles. The second-order valence-corrected chi connectivity index (χ2v) is 7.21. The fourth-order valence-corrected chi connectivity index (χ4v) is 2.97. The van der Waals surface area contributed by atoms with Crippen LogP contribution in [0.1, 0.15) is 43.5 Å². The zero-order chi connectivity index (χ0) is 15.3. The molecule has 1 amide bonds. The molecule has 0 aliphatic rings. The van der Waals surface area contributed by atoms with Crippen LogP contribution in [-0.4, -0.2) is 20.4 Å². The Hall–Kier alpha value is -0.920. The van der Waals surface area contributed by atoms with Crippen molar-refractivity contribution in [2.75, 3.05) is 0 Å². The van der Waals surface area contributed by atoms with Crippen LogP contribution in [0.25, 0.3) is 0 Å². The average molecular weight is 363 g/mol. The molecule has 1 unspecified atom stereocenters. The third kappa shape index (κ3) is 5.22. The second kappa shape index (κ2) is 7.19. The lowest BCUT2D eigenvalue weighted by Crippen LogP contribution is -2.32. The Morgan fingerprint density at radius 1 is 1.40 bits per heavy atom. The highest BCUT2D eigenvalue weighted by Gasteiger charge is 2.15. The van der Waals surface area contributed by atoms with Crippen LogP contribution >= 0.6 is 15.9 Å². The first-order chi connectivity index (χ1) is 9.24. The number of hydrogen-bond acceptors (Lipinski definition) is 3. The lowest BCUT2D eigenvalue weighted by molar-refractivity contribution is 0.0937. The predicted molar refractivity (Wildman–Crippen MR) is 82.0 cm³/mol. The zero-order valence-corrected chi connectivity index (χ0v) is 13.9. The summed E-state index contributed by atoms with van der Waals surface area (Å²) in [7, 11) is -3.83. The molecule has 1 atom stereocenters. The van der Waals surface area contributed by atoms with E-state index in [1.165, 1.54) is 12.1 Å². The van der Waals surface area contributed by atoms with Gasteiger partial charge < -0.3 is 5.32 Å². The standard InChI is InChI=1S/C13H19BrN2O3S/c1-3-4-5-9(2)16-13(17)10-6-11(14)8-12(7-10)20(15,18)19/h6-9H,3-5H2,1-2H3,(H,16,17)(H2,15,18,19). The molecule has 1 rings (SSSR count). The summed E-state index contributed by atoms with van der Waals surface area (Å²) in [6.07, 6.45) is 2.98. The molecule has 0 radical (unpaired) electrons. The minimum absolute atomic E-state index is 0.0411. The molecule has 0 aliphatic carbocycles. The number of primary sulfonamides is 1. The molecule has 0 saturated heterocycles. The van der Waals surface area contributed by atoms with Gasteiger partial charge in [-0.1, -0.05) is 35.7 Å². The number of nitrogens with two attached hydrogens (primary N) is 1. The molecule has 0 heterocycles. The number of sulfonamides is 1. The van der Waals surface area contributed by atoms with Gasteiger partial charge in [0.2, 0.25) is 10.0 Å². The summed E-state index contributed by atoms with van der Waals surface area (Å²) in [6.45, 7) is 4.01. The summed E-state index contributed by atoms with van der Waals surface area (Å²) >= 11 is 3.18. The van der Waals surface area contributed by atoms with Gasteiger partial charge in [0.25, 0.3) is 5.91 Å². The van der Waals surface area contributed by atoms with Gasteiger partial charge in [-0.15, -0.1) is 0 Å². The van der Waals surface area contributed by atoms with E-state index in [0.29, 0.717) is 4.47 Å². The average Bonchev–Trinajstić information content (AvgIpc) is 2.34. The van der Waals surface area contributed by atoms with Crippen molar-refractivity contribution in [2.45, 2.75) is 44.0 Å². The Bertz CT molecular complexity index is 587. The molecule has 3 N–H and O–H groups in total. The van der Waals surface area contributed by atoms with Gasteiger partial charge in [0.1, 0.15) is 0 Å². The molecule has 5 nitrogen and oxygen atoms in total. The van der Waals surface area contributed by atoms with E-state index < -0.39 is 10.0 Å². The highest BCUT2D eigenvalue weighted by Crippen LogP contribution is 2.19. The number of carbonyl (C=O) groups is 1. The van der Waals surface area contributed by atoms with Gasteiger partial charge >= 0.3 is 0 Å². The molecule has 1 aromatic carbocycles. The van der Waals surface area contributed by atoms with E-state index in [-0.39, 0.29) is 22.4 Å². The molecule has 1 aromatic rings. The number of halogens is 1. The van der Waals surface area contributed by atoms with Crippen LogP contribution in [0.15, 0.2) is 27.6 Å². The van der Waals surface area contributed by atoms with Crippen LogP contribution in [0.3, 0.4) is 0 Å². The van der Waals surface area contributed by atoms with Gasteiger partial charge in [-0.25, -0.2) is 13.6 Å². The van der Waals surface area contributed by atoms with Crippen molar-refractivity contribution in [3.8, 4) is 0 Å². The smallest absolute Gasteiger partial charge is 0.251 e. The van der Waals surface area contributed by atoms with E-state index in [0.717, 1.165) is 19.3 Å². The summed E-state index contributed by atoms with van der Waals surface area (Å²) in [5.41, 5.74) is 0.270. The summed E-state index contributed by atoms with van der Waals surface area (Å²) in [4.78, 5) is 12.0. The van der Waals surface area contributed by atoms with Crippen molar-refractivity contribution in [2.24, 2.45) is 5.14 Å².